The topological polar surface area (TPSA) is 65.0 Å². The minimum absolute atomic E-state index is 0.0541. The van der Waals surface area contributed by atoms with E-state index in [2.05, 4.69) is 48.3 Å². The Morgan fingerprint density at radius 2 is 2.33 bits per heavy atom. The third-order valence-electron chi connectivity index (χ3n) is 4.28. The van der Waals surface area contributed by atoms with Crippen molar-refractivity contribution in [3.63, 3.8) is 0 Å². The van der Waals surface area contributed by atoms with Crippen LogP contribution in [0.2, 0.25) is 0 Å². The molecule has 1 fully saturated rings. The van der Waals surface area contributed by atoms with Crippen molar-refractivity contribution in [1.82, 2.24) is 10.2 Å². The Hall–Kier alpha value is -1.79. The Labute approximate surface area is 144 Å². The van der Waals surface area contributed by atoms with Gasteiger partial charge in [-0.3, -0.25) is 0 Å². The third kappa shape index (κ3) is 5.39. The van der Waals surface area contributed by atoms with Gasteiger partial charge in [-0.15, -0.1) is 0 Å². The molecule has 1 aromatic carbocycles. The number of rotatable bonds is 7. The second-order valence-corrected chi connectivity index (χ2v) is 6.10. The van der Waals surface area contributed by atoms with Gasteiger partial charge in [0.05, 0.1) is 12.7 Å². The molecule has 1 saturated heterocycles. The molecule has 1 atom stereocenters. The van der Waals surface area contributed by atoms with Gasteiger partial charge < -0.3 is 25.0 Å². The van der Waals surface area contributed by atoms with Crippen molar-refractivity contribution in [1.29, 1.82) is 0 Å². The van der Waals surface area contributed by atoms with Crippen LogP contribution in [0.3, 0.4) is 0 Å². The lowest BCUT2D eigenvalue weighted by Gasteiger charge is -2.33. The molecular formula is C18H29N3O3. The first-order valence-electron chi connectivity index (χ1n) is 8.71. The van der Waals surface area contributed by atoms with Crippen LogP contribution < -0.4 is 10.2 Å². The minimum atomic E-state index is -0.0612. The molecular weight excluding hydrogens is 306 g/mol. The van der Waals surface area contributed by atoms with Gasteiger partial charge in [0.1, 0.15) is 0 Å². The predicted molar refractivity (Wildman–Crippen MR) is 95.5 cm³/mol. The van der Waals surface area contributed by atoms with Gasteiger partial charge in [0, 0.05) is 45.0 Å². The molecule has 1 aliphatic rings. The molecule has 134 valence electrons. The van der Waals surface area contributed by atoms with Crippen LogP contribution in [0.25, 0.3) is 0 Å². The van der Waals surface area contributed by atoms with E-state index in [1.807, 2.05) is 0 Å². The highest BCUT2D eigenvalue weighted by Crippen LogP contribution is 2.15. The van der Waals surface area contributed by atoms with Crippen LogP contribution in [0.1, 0.15) is 18.9 Å². The molecule has 24 heavy (non-hydrogen) atoms. The summed E-state index contributed by atoms with van der Waals surface area (Å²) in [5, 5.41) is 12.0. The maximum absolute atomic E-state index is 12.3. The summed E-state index contributed by atoms with van der Waals surface area (Å²) in [6, 6.07) is 8.34. The first-order valence-corrected chi connectivity index (χ1v) is 8.71. The largest absolute Gasteiger partial charge is 0.396 e. The summed E-state index contributed by atoms with van der Waals surface area (Å²) in [7, 11) is 0. The van der Waals surface area contributed by atoms with Crippen molar-refractivity contribution >= 4 is 11.7 Å². The Morgan fingerprint density at radius 3 is 3.04 bits per heavy atom. The number of aliphatic hydroxyl groups excluding tert-OH is 1. The predicted octanol–water partition coefficient (Wildman–Crippen LogP) is 1.61. The summed E-state index contributed by atoms with van der Waals surface area (Å²) in [5.41, 5.74) is 2.42. The zero-order valence-electron chi connectivity index (χ0n) is 14.7. The van der Waals surface area contributed by atoms with Crippen LogP contribution in [0, 0.1) is 6.92 Å². The average molecular weight is 335 g/mol. The van der Waals surface area contributed by atoms with Crippen molar-refractivity contribution in [2.75, 3.05) is 50.8 Å². The van der Waals surface area contributed by atoms with E-state index in [-0.39, 0.29) is 18.7 Å². The fourth-order valence-corrected chi connectivity index (χ4v) is 2.93. The highest BCUT2D eigenvalue weighted by atomic mass is 16.5. The SMILES string of the molecule is CCN(CCNC(=O)N1CCOC(CCO)C1)c1cccc(C)c1. The number of nitrogens with zero attached hydrogens (tertiary/aromatic N) is 2. The minimum Gasteiger partial charge on any atom is -0.396 e. The molecule has 0 saturated carbocycles. The summed E-state index contributed by atoms with van der Waals surface area (Å²) >= 11 is 0. The van der Waals surface area contributed by atoms with Crippen LogP contribution >= 0.6 is 0 Å². The number of hydrogen-bond acceptors (Lipinski definition) is 4. The van der Waals surface area contributed by atoms with Crippen molar-refractivity contribution in [3.05, 3.63) is 29.8 Å². The molecule has 0 spiro atoms. The van der Waals surface area contributed by atoms with Crippen LogP contribution in [-0.4, -0.2) is 68.1 Å². The standard InChI is InChI=1S/C18H29N3O3/c1-3-20(16-6-4-5-15(2)13-16)9-8-19-18(23)21-10-12-24-17(14-21)7-11-22/h4-6,13,17,22H,3,7-12,14H2,1-2H3,(H,19,23). The fraction of sp³-hybridized carbons (Fsp3) is 0.611. The molecule has 2 N–H and O–H groups in total. The van der Waals surface area contributed by atoms with E-state index in [0.29, 0.717) is 32.7 Å². The number of ether oxygens (including phenoxy) is 1. The van der Waals surface area contributed by atoms with Crippen molar-refractivity contribution in [2.24, 2.45) is 0 Å². The number of anilines is 1. The molecule has 2 amide bonds. The number of urea groups is 1. The molecule has 0 radical (unpaired) electrons. The molecule has 0 aliphatic carbocycles. The number of hydrogen-bond donors (Lipinski definition) is 2. The van der Waals surface area contributed by atoms with Gasteiger partial charge in [-0.05, 0) is 38.0 Å². The molecule has 2 rings (SSSR count). The van der Waals surface area contributed by atoms with Crippen LogP contribution in [0.15, 0.2) is 24.3 Å². The van der Waals surface area contributed by atoms with E-state index >= 15 is 0 Å². The maximum Gasteiger partial charge on any atom is 0.317 e. The Bertz CT molecular complexity index is 522. The van der Waals surface area contributed by atoms with E-state index in [9.17, 15) is 4.79 Å². The van der Waals surface area contributed by atoms with Gasteiger partial charge in [-0.2, -0.15) is 0 Å². The molecule has 0 bridgehead atoms. The number of benzene rings is 1. The van der Waals surface area contributed by atoms with E-state index in [0.717, 1.165) is 13.1 Å². The van der Waals surface area contributed by atoms with Gasteiger partial charge >= 0.3 is 6.03 Å². The lowest BCUT2D eigenvalue weighted by atomic mass is 10.2. The second-order valence-electron chi connectivity index (χ2n) is 6.10. The maximum atomic E-state index is 12.3. The number of nitrogens with one attached hydrogen (secondary N) is 1. The Balaban J connectivity index is 1.78. The summed E-state index contributed by atoms with van der Waals surface area (Å²) < 4.78 is 5.54. The van der Waals surface area contributed by atoms with E-state index < -0.39 is 0 Å². The Kier molecular flexibility index (Phi) is 7.34. The van der Waals surface area contributed by atoms with Gasteiger partial charge in [0.15, 0.2) is 0 Å². The molecule has 1 aliphatic heterocycles. The number of aryl methyl sites for hydroxylation is 1. The smallest absolute Gasteiger partial charge is 0.317 e. The van der Waals surface area contributed by atoms with Gasteiger partial charge in [0.2, 0.25) is 0 Å². The number of aliphatic hydroxyl groups is 1. The zero-order chi connectivity index (χ0) is 17.4. The number of likely N-dealkylation sites (N-methyl/N-ethyl adjacent to an activating group) is 1. The van der Waals surface area contributed by atoms with Crippen LogP contribution in [0.5, 0.6) is 0 Å². The monoisotopic (exact) mass is 335 g/mol. The number of carbonyl (C=O) groups excluding carboxylic acids is 1. The van der Waals surface area contributed by atoms with Crippen molar-refractivity contribution in [3.8, 4) is 0 Å². The van der Waals surface area contributed by atoms with Gasteiger partial charge in [0.25, 0.3) is 0 Å². The van der Waals surface area contributed by atoms with Crippen LogP contribution in [0.4, 0.5) is 10.5 Å². The highest BCUT2D eigenvalue weighted by Gasteiger charge is 2.23. The van der Waals surface area contributed by atoms with E-state index in [1.165, 1.54) is 11.3 Å². The van der Waals surface area contributed by atoms with Crippen molar-refractivity contribution in [2.45, 2.75) is 26.4 Å². The van der Waals surface area contributed by atoms with Crippen molar-refractivity contribution < 1.29 is 14.6 Å². The lowest BCUT2D eigenvalue weighted by Crippen LogP contribution is -2.50. The molecule has 6 nitrogen and oxygen atoms in total. The molecule has 1 heterocycles. The first-order chi connectivity index (χ1) is 11.6. The first kappa shape index (κ1) is 18.5. The summed E-state index contributed by atoms with van der Waals surface area (Å²) in [6.45, 7) is 8.23. The Morgan fingerprint density at radius 1 is 1.50 bits per heavy atom. The zero-order valence-corrected chi connectivity index (χ0v) is 14.7. The second kappa shape index (κ2) is 9.49. The number of carbonyl (C=O) groups is 1. The number of amides is 2. The highest BCUT2D eigenvalue weighted by molar-refractivity contribution is 5.74. The normalized spacial score (nSPS) is 17.6. The lowest BCUT2D eigenvalue weighted by molar-refractivity contribution is -0.0245. The summed E-state index contributed by atoms with van der Waals surface area (Å²) in [5.74, 6) is 0. The molecule has 0 aromatic heterocycles. The van der Waals surface area contributed by atoms with E-state index in [1.54, 1.807) is 4.90 Å². The van der Waals surface area contributed by atoms with Crippen LogP contribution in [-0.2, 0) is 4.74 Å². The molecule has 1 aromatic rings. The summed E-state index contributed by atoms with van der Waals surface area (Å²) in [4.78, 5) is 16.3. The van der Waals surface area contributed by atoms with E-state index in [4.69, 9.17) is 9.84 Å². The number of morpholine rings is 1. The molecule has 6 heteroatoms. The molecule has 1 unspecified atom stereocenters. The third-order valence-corrected chi connectivity index (χ3v) is 4.28. The fourth-order valence-electron chi connectivity index (χ4n) is 2.93. The van der Waals surface area contributed by atoms with Gasteiger partial charge in [-0.25, -0.2) is 4.79 Å². The average Bonchev–Trinajstić information content (AvgIpc) is 2.59. The quantitative estimate of drug-likeness (QED) is 0.795. The summed E-state index contributed by atoms with van der Waals surface area (Å²) in [6.07, 6.45) is 0.509. The van der Waals surface area contributed by atoms with Gasteiger partial charge in [-0.1, -0.05) is 12.1 Å².